The molecule has 0 aromatic heterocycles. The minimum absolute atomic E-state index is 0.102. The van der Waals surface area contributed by atoms with Crippen LogP contribution in [-0.2, 0) is 9.53 Å². The van der Waals surface area contributed by atoms with E-state index in [0.717, 1.165) is 19.5 Å². The molecule has 3 atom stereocenters. The number of morpholine rings is 1. The van der Waals surface area contributed by atoms with Gasteiger partial charge < -0.3 is 15.4 Å². The fraction of sp³-hybridized carbons (Fsp3) is 0.889. The van der Waals surface area contributed by atoms with Gasteiger partial charge in [0.15, 0.2) is 0 Å². The van der Waals surface area contributed by atoms with Crippen LogP contribution in [0.2, 0.25) is 0 Å². The largest absolute Gasteiger partial charge is 0.375 e. The van der Waals surface area contributed by atoms with Crippen molar-refractivity contribution in [2.75, 3.05) is 19.7 Å². The Labute approximate surface area is 78.0 Å². The van der Waals surface area contributed by atoms with E-state index in [0.29, 0.717) is 6.61 Å². The van der Waals surface area contributed by atoms with E-state index in [9.17, 15) is 4.79 Å². The highest BCUT2D eigenvalue weighted by Crippen LogP contribution is 2.30. The summed E-state index contributed by atoms with van der Waals surface area (Å²) < 4.78 is 5.36. The Hall–Kier alpha value is -0.610. The summed E-state index contributed by atoms with van der Waals surface area (Å²) in [7, 11) is 0. The third kappa shape index (κ3) is 1.84. The molecule has 1 aliphatic carbocycles. The van der Waals surface area contributed by atoms with Gasteiger partial charge in [0, 0.05) is 19.1 Å². The first-order chi connectivity index (χ1) is 6.18. The van der Waals surface area contributed by atoms with Crippen molar-refractivity contribution in [2.45, 2.75) is 25.5 Å². The van der Waals surface area contributed by atoms with Crippen LogP contribution in [0, 0.1) is 5.92 Å². The van der Waals surface area contributed by atoms with Gasteiger partial charge >= 0.3 is 0 Å². The van der Waals surface area contributed by atoms with Crippen molar-refractivity contribution < 1.29 is 9.53 Å². The molecule has 1 saturated carbocycles. The minimum atomic E-state index is 0.102. The molecule has 2 aliphatic rings. The highest BCUT2D eigenvalue weighted by molar-refractivity contribution is 5.82. The van der Waals surface area contributed by atoms with Crippen LogP contribution in [0.5, 0.6) is 0 Å². The molecule has 0 spiro atoms. The fourth-order valence-corrected chi connectivity index (χ4v) is 1.75. The highest BCUT2D eigenvalue weighted by atomic mass is 16.5. The Kier molecular flexibility index (Phi) is 2.26. The monoisotopic (exact) mass is 184 g/mol. The van der Waals surface area contributed by atoms with Crippen LogP contribution in [0.4, 0.5) is 0 Å². The number of rotatable bonds is 1. The van der Waals surface area contributed by atoms with E-state index < -0.39 is 0 Å². The van der Waals surface area contributed by atoms with Crippen LogP contribution in [0.1, 0.15) is 13.3 Å². The molecule has 1 amide bonds. The Balaban J connectivity index is 1.88. The van der Waals surface area contributed by atoms with Crippen molar-refractivity contribution in [2.24, 2.45) is 11.7 Å². The summed E-state index contributed by atoms with van der Waals surface area (Å²) in [5.74, 6) is 0.327. The molecular formula is C9H16N2O2. The molecule has 4 nitrogen and oxygen atoms in total. The van der Waals surface area contributed by atoms with Crippen molar-refractivity contribution in [1.29, 1.82) is 0 Å². The Morgan fingerprint density at radius 3 is 2.85 bits per heavy atom. The number of nitrogens with two attached hydrogens (primary N) is 1. The van der Waals surface area contributed by atoms with Crippen LogP contribution in [-0.4, -0.2) is 42.6 Å². The van der Waals surface area contributed by atoms with Gasteiger partial charge in [0.1, 0.15) is 0 Å². The lowest BCUT2D eigenvalue weighted by Gasteiger charge is -2.31. The number of carbonyl (C=O) groups excluding carboxylic acids is 1. The maximum Gasteiger partial charge on any atom is 0.227 e. The quantitative estimate of drug-likeness (QED) is 0.602. The van der Waals surface area contributed by atoms with Crippen molar-refractivity contribution in [3.05, 3.63) is 0 Å². The molecule has 2 fully saturated rings. The molecule has 0 radical (unpaired) electrons. The Morgan fingerprint density at radius 2 is 2.31 bits per heavy atom. The van der Waals surface area contributed by atoms with E-state index in [4.69, 9.17) is 10.5 Å². The fourth-order valence-electron chi connectivity index (χ4n) is 1.75. The van der Waals surface area contributed by atoms with E-state index in [2.05, 4.69) is 0 Å². The van der Waals surface area contributed by atoms with Gasteiger partial charge in [0.2, 0.25) is 5.91 Å². The summed E-state index contributed by atoms with van der Waals surface area (Å²) in [6.45, 7) is 4.11. The lowest BCUT2D eigenvalue weighted by atomic mass is 10.2. The van der Waals surface area contributed by atoms with E-state index >= 15 is 0 Å². The number of ether oxygens (including phenoxy) is 1. The third-order valence-electron chi connectivity index (χ3n) is 2.71. The molecule has 1 aliphatic heterocycles. The van der Waals surface area contributed by atoms with E-state index in [1.807, 2.05) is 11.8 Å². The molecule has 13 heavy (non-hydrogen) atoms. The molecule has 0 aromatic carbocycles. The van der Waals surface area contributed by atoms with Crippen molar-refractivity contribution in [1.82, 2.24) is 4.90 Å². The lowest BCUT2D eigenvalue weighted by molar-refractivity contribution is -0.139. The second kappa shape index (κ2) is 3.27. The molecular weight excluding hydrogens is 168 g/mol. The first-order valence-corrected chi connectivity index (χ1v) is 4.84. The average Bonchev–Trinajstić information content (AvgIpc) is 2.81. The predicted octanol–water partition coefficient (Wildman–Crippen LogP) is -0.419. The van der Waals surface area contributed by atoms with E-state index in [-0.39, 0.29) is 24.0 Å². The molecule has 0 aromatic rings. The maximum absolute atomic E-state index is 11.7. The number of amides is 1. The van der Waals surface area contributed by atoms with Gasteiger partial charge in [-0.15, -0.1) is 0 Å². The Morgan fingerprint density at radius 1 is 1.62 bits per heavy atom. The first kappa shape index (κ1) is 8.97. The van der Waals surface area contributed by atoms with Gasteiger partial charge in [-0.05, 0) is 13.3 Å². The molecule has 2 rings (SSSR count). The second-order valence-electron chi connectivity index (χ2n) is 3.97. The van der Waals surface area contributed by atoms with Gasteiger partial charge in [0.05, 0.1) is 18.6 Å². The number of nitrogens with zero attached hydrogens (tertiary/aromatic N) is 1. The van der Waals surface area contributed by atoms with Crippen LogP contribution in [0.15, 0.2) is 0 Å². The van der Waals surface area contributed by atoms with Crippen LogP contribution >= 0.6 is 0 Å². The normalized spacial score (nSPS) is 38.9. The summed E-state index contributed by atoms with van der Waals surface area (Å²) in [5, 5.41) is 0. The minimum Gasteiger partial charge on any atom is -0.375 e. The lowest BCUT2D eigenvalue weighted by Crippen LogP contribution is -2.45. The number of hydrogen-bond acceptors (Lipinski definition) is 3. The summed E-state index contributed by atoms with van der Waals surface area (Å²) in [6.07, 6.45) is 1.04. The second-order valence-corrected chi connectivity index (χ2v) is 3.97. The van der Waals surface area contributed by atoms with Gasteiger partial charge in [-0.25, -0.2) is 0 Å². The molecule has 2 N–H and O–H groups in total. The Bertz CT molecular complexity index is 220. The van der Waals surface area contributed by atoms with Crippen LogP contribution in [0.3, 0.4) is 0 Å². The summed E-state index contributed by atoms with van der Waals surface area (Å²) in [5.41, 5.74) is 5.63. The van der Waals surface area contributed by atoms with Crippen LogP contribution in [0.25, 0.3) is 0 Å². The zero-order chi connectivity index (χ0) is 9.42. The van der Waals surface area contributed by atoms with E-state index in [1.54, 1.807) is 0 Å². The molecule has 0 bridgehead atoms. The van der Waals surface area contributed by atoms with Crippen molar-refractivity contribution >= 4 is 5.91 Å². The average molecular weight is 184 g/mol. The maximum atomic E-state index is 11.7. The molecule has 3 unspecified atom stereocenters. The zero-order valence-electron chi connectivity index (χ0n) is 7.90. The van der Waals surface area contributed by atoms with Gasteiger partial charge in [0.25, 0.3) is 0 Å². The third-order valence-corrected chi connectivity index (χ3v) is 2.71. The van der Waals surface area contributed by atoms with Crippen molar-refractivity contribution in [3.8, 4) is 0 Å². The van der Waals surface area contributed by atoms with Gasteiger partial charge in [-0.2, -0.15) is 0 Å². The van der Waals surface area contributed by atoms with E-state index in [1.165, 1.54) is 0 Å². The smallest absolute Gasteiger partial charge is 0.227 e. The van der Waals surface area contributed by atoms with Crippen LogP contribution < -0.4 is 5.73 Å². The van der Waals surface area contributed by atoms with Crippen molar-refractivity contribution in [3.63, 3.8) is 0 Å². The van der Waals surface area contributed by atoms with Gasteiger partial charge in [-0.1, -0.05) is 0 Å². The molecule has 1 heterocycles. The standard InChI is InChI=1S/C9H16N2O2/c1-6-5-11(2-3-13-6)9(12)7-4-8(7)10/h6-8H,2-5,10H2,1H3. The number of hydrogen-bond donors (Lipinski definition) is 1. The summed E-state index contributed by atoms with van der Waals surface area (Å²) in [6, 6.07) is 0.116. The molecule has 74 valence electrons. The SMILES string of the molecule is CC1CN(C(=O)C2CC2N)CCO1. The zero-order valence-corrected chi connectivity index (χ0v) is 7.90. The van der Waals surface area contributed by atoms with Gasteiger partial charge in [-0.3, -0.25) is 4.79 Å². The summed E-state index contributed by atoms with van der Waals surface area (Å²) >= 11 is 0. The predicted molar refractivity (Wildman–Crippen MR) is 48.1 cm³/mol. The highest BCUT2D eigenvalue weighted by Gasteiger charge is 2.42. The topological polar surface area (TPSA) is 55.6 Å². The molecule has 1 saturated heterocycles. The molecule has 4 heteroatoms. The number of carbonyl (C=O) groups is 1. The summed E-state index contributed by atoms with van der Waals surface area (Å²) in [4.78, 5) is 13.6. The first-order valence-electron chi connectivity index (χ1n) is 4.84.